The Bertz CT molecular complexity index is 1570. The lowest BCUT2D eigenvalue weighted by atomic mass is 10.2. The van der Waals surface area contributed by atoms with Crippen molar-refractivity contribution in [3.63, 3.8) is 0 Å². The van der Waals surface area contributed by atoms with Crippen LogP contribution in [0.15, 0.2) is 89.9 Å². The first-order valence-corrected chi connectivity index (χ1v) is 11.7. The van der Waals surface area contributed by atoms with Crippen LogP contribution in [-0.2, 0) is 6.61 Å². The smallest absolute Gasteiger partial charge is 0.295 e. The van der Waals surface area contributed by atoms with E-state index in [1.807, 2.05) is 24.3 Å². The number of carbonyl (C=O) groups excluding carboxylic acids is 1. The number of rotatable bonds is 6. The van der Waals surface area contributed by atoms with Crippen molar-refractivity contribution in [1.29, 1.82) is 0 Å². The summed E-state index contributed by atoms with van der Waals surface area (Å²) in [5.74, 6) is -0.897. The van der Waals surface area contributed by atoms with E-state index in [1.54, 1.807) is 41.7 Å². The van der Waals surface area contributed by atoms with Crippen LogP contribution in [0.25, 0.3) is 20.8 Å². The lowest BCUT2D eigenvalue weighted by Gasteiger charge is -2.10. The first kappa shape index (κ1) is 22.5. The van der Waals surface area contributed by atoms with Crippen molar-refractivity contribution in [3.8, 4) is 10.6 Å². The summed E-state index contributed by atoms with van der Waals surface area (Å²) in [7, 11) is 0. The molecule has 0 bridgehead atoms. The molecule has 3 aromatic carbocycles. The number of aromatic nitrogens is 2. The van der Waals surface area contributed by atoms with E-state index in [4.69, 9.17) is 4.84 Å². The van der Waals surface area contributed by atoms with Crippen LogP contribution in [0.5, 0.6) is 0 Å². The maximum Gasteiger partial charge on any atom is 0.295 e. The highest BCUT2D eigenvalue weighted by molar-refractivity contribution is 7.21. The zero-order valence-electron chi connectivity index (χ0n) is 18.7. The summed E-state index contributed by atoms with van der Waals surface area (Å²) in [6.07, 6.45) is 1.43. The van der Waals surface area contributed by atoms with E-state index in [-0.39, 0.29) is 18.0 Å². The molecule has 0 saturated carbocycles. The number of benzene rings is 3. The Morgan fingerprint density at radius 3 is 2.60 bits per heavy atom. The highest BCUT2D eigenvalue weighted by atomic mass is 32.1. The molecule has 1 N–H and O–H groups in total. The number of halogens is 1. The van der Waals surface area contributed by atoms with Crippen molar-refractivity contribution in [2.45, 2.75) is 13.5 Å². The molecule has 0 saturated heterocycles. The molecule has 0 spiro atoms. The third-order valence-corrected chi connectivity index (χ3v) is 6.44. The number of hydrogen-bond donors (Lipinski definition) is 1. The van der Waals surface area contributed by atoms with Crippen molar-refractivity contribution in [1.82, 2.24) is 9.71 Å². The van der Waals surface area contributed by atoms with Gasteiger partial charge in [0.05, 0.1) is 10.2 Å². The van der Waals surface area contributed by atoms with Crippen LogP contribution in [0.3, 0.4) is 0 Å². The first-order chi connectivity index (χ1) is 17.0. The van der Waals surface area contributed by atoms with E-state index in [9.17, 15) is 14.0 Å². The quantitative estimate of drug-likeness (QED) is 0.347. The van der Waals surface area contributed by atoms with Crippen molar-refractivity contribution < 1.29 is 14.0 Å². The Labute approximate surface area is 204 Å². The lowest BCUT2D eigenvalue weighted by molar-refractivity contribution is 0.0863. The van der Waals surface area contributed by atoms with Crippen molar-refractivity contribution in [2.24, 2.45) is 0 Å². The van der Waals surface area contributed by atoms with E-state index in [0.29, 0.717) is 11.3 Å². The minimum absolute atomic E-state index is 0.0536. The predicted octanol–water partition coefficient (Wildman–Crippen LogP) is 5.45. The normalized spacial score (nSPS) is 10.9. The van der Waals surface area contributed by atoms with Gasteiger partial charge in [-0.3, -0.25) is 9.59 Å². The number of thiazole rings is 1. The highest BCUT2D eigenvalue weighted by Gasteiger charge is 2.14. The van der Waals surface area contributed by atoms with Gasteiger partial charge in [0.15, 0.2) is 0 Å². The highest BCUT2D eigenvalue weighted by Crippen LogP contribution is 2.31. The largest absolute Gasteiger partial charge is 0.406 e. The summed E-state index contributed by atoms with van der Waals surface area (Å²) in [4.78, 5) is 35.7. The second-order valence-electron chi connectivity index (χ2n) is 7.97. The van der Waals surface area contributed by atoms with E-state index >= 15 is 0 Å². The van der Waals surface area contributed by atoms with Gasteiger partial charge in [-0.25, -0.2) is 9.37 Å². The zero-order valence-corrected chi connectivity index (χ0v) is 19.5. The molecule has 35 heavy (non-hydrogen) atoms. The molecule has 6 nitrogen and oxygen atoms in total. The van der Waals surface area contributed by atoms with Crippen molar-refractivity contribution in [3.05, 3.63) is 118 Å². The van der Waals surface area contributed by atoms with Gasteiger partial charge in [-0.15, -0.1) is 11.3 Å². The third-order valence-electron chi connectivity index (χ3n) is 5.38. The summed E-state index contributed by atoms with van der Waals surface area (Å²) in [5, 5.41) is 3.65. The van der Waals surface area contributed by atoms with E-state index in [0.717, 1.165) is 25.5 Å². The predicted molar refractivity (Wildman–Crippen MR) is 135 cm³/mol. The molecule has 1 amide bonds. The summed E-state index contributed by atoms with van der Waals surface area (Å²) in [5.41, 5.74) is 3.68. The number of carbonyl (C=O) groups is 1. The van der Waals surface area contributed by atoms with Crippen molar-refractivity contribution in [2.75, 3.05) is 5.32 Å². The van der Waals surface area contributed by atoms with Gasteiger partial charge < -0.3 is 10.2 Å². The maximum absolute atomic E-state index is 13.1. The van der Waals surface area contributed by atoms with E-state index in [1.165, 1.54) is 30.0 Å². The summed E-state index contributed by atoms with van der Waals surface area (Å²) in [6.45, 7) is 2.10. The molecule has 2 heterocycles. The van der Waals surface area contributed by atoms with Gasteiger partial charge >= 0.3 is 0 Å². The molecular weight excluding hydrogens is 465 g/mol. The number of amides is 1. The molecule has 5 rings (SSSR count). The fourth-order valence-corrected chi connectivity index (χ4v) is 4.59. The first-order valence-electron chi connectivity index (χ1n) is 10.8. The van der Waals surface area contributed by atoms with E-state index in [2.05, 4.69) is 23.3 Å². The molecule has 0 fully saturated rings. The Morgan fingerprint density at radius 1 is 1.06 bits per heavy atom. The van der Waals surface area contributed by atoms with Gasteiger partial charge in [0.1, 0.15) is 23.0 Å². The fraction of sp³-hybridized carbons (Fsp3) is 0.0741. The molecule has 0 radical (unpaired) electrons. The monoisotopic (exact) mass is 485 g/mol. The molecule has 8 heteroatoms. The van der Waals surface area contributed by atoms with Gasteiger partial charge in [-0.2, -0.15) is 4.73 Å². The van der Waals surface area contributed by atoms with Gasteiger partial charge in [0, 0.05) is 17.4 Å². The zero-order chi connectivity index (χ0) is 24.4. The molecule has 0 aliphatic carbocycles. The van der Waals surface area contributed by atoms with Gasteiger partial charge in [-0.05, 0) is 78.7 Å². The molecule has 0 unspecified atom stereocenters. The number of pyridine rings is 1. The number of nitrogens with one attached hydrogen (secondary N) is 1. The van der Waals surface area contributed by atoms with Gasteiger partial charge in [0.25, 0.3) is 11.5 Å². The van der Waals surface area contributed by atoms with Crippen LogP contribution in [0.4, 0.5) is 10.1 Å². The maximum atomic E-state index is 13.1. The average molecular weight is 486 g/mol. The second kappa shape index (κ2) is 9.52. The number of hydrogen-bond acceptors (Lipinski definition) is 5. The summed E-state index contributed by atoms with van der Waals surface area (Å²) >= 11 is 1.61. The topological polar surface area (TPSA) is 73.2 Å². The number of fused-ring (bicyclic) bond motifs is 1. The van der Waals surface area contributed by atoms with Crippen LogP contribution in [0, 0.1) is 12.7 Å². The molecular formula is C27H20FN3O3S. The molecule has 5 aromatic rings. The van der Waals surface area contributed by atoms with Crippen LogP contribution in [0.1, 0.15) is 21.5 Å². The lowest BCUT2D eigenvalue weighted by Crippen LogP contribution is -2.32. The van der Waals surface area contributed by atoms with Crippen molar-refractivity contribution >= 4 is 33.1 Å². The van der Waals surface area contributed by atoms with Crippen LogP contribution in [0.2, 0.25) is 0 Å². The molecule has 0 atom stereocenters. The molecule has 0 aliphatic rings. The molecule has 174 valence electrons. The van der Waals surface area contributed by atoms with Crippen LogP contribution in [-0.4, -0.2) is 15.6 Å². The average Bonchev–Trinajstić information content (AvgIpc) is 3.28. The summed E-state index contributed by atoms with van der Waals surface area (Å²) < 4.78 is 15.2. The van der Waals surface area contributed by atoms with Crippen LogP contribution >= 0.6 is 11.3 Å². The molecule has 0 aliphatic heterocycles. The van der Waals surface area contributed by atoms with E-state index < -0.39 is 11.5 Å². The standard InChI is InChI=1S/C27H20FN3O3S/c1-17-4-13-23-24(15-17)35-26(30-23)19-7-11-21(12-8-19)29-25(32)22-3-2-14-31(27(22)33)34-16-18-5-9-20(28)10-6-18/h2-15H,16H2,1H3,(H,29,32). The Morgan fingerprint density at radius 2 is 1.83 bits per heavy atom. The Kier molecular flexibility index (Phi) is 6.12. The SMILES string of the molecule is Cc1ccc2nc(-c3ccc(NC(=O)c4cccn(OCc5ccc(F)cc5)c4=O)cc3)sc2c1. The Balaban J connectivity index is 1.28. The Hall–Kier alpha value is -4.30. The minimum Gasteiger partial charge on any atom is -0.406 e. The van der Waals surface area contributed by atoms with Crippen LogP contribution < -0.4 is 15.7 Å². The fourth-order valence-electron chi connectivity index (χ4n) is 3.52. The third kappa shape index (κ3) is 4.97. The minimum atomic E-state index is -0.589. The number of anilines is 1. The number of aryl methyl sites for hydroxylation is 1. The number of nitrogens with zero attached hydrogens (tertiary/aromatic N) is 2. The second-order valence-corrected chi connectivity index (χ2v) is 9.01. The molecule has 2 aromatic heterocycles. The van der Waals surface area contributed by atoms with Gasteiger partial charge in [0.2, 0.25) is 0 Å². The summed E-state index contributed by atoms with van der Waals surface area (Å²) in [6, 6.07) is 22.2. The van der Waals surface area contributed by atoms with Gasteiger partial charge in [-0.1, -0.05) is 18.2 Å².